The lowest BCUT2D eigenvalue weighted by Gasteiger charge is -2.39. The van der Waals surface area contributed by atoms with Crippen molar-refractivity contribution in [3.05, 3.63) is 58.6 Å². The largest absolute Gasteiger partial charge is 0.497 e. The summed E-state index contributed by atoms with van der Waals surface area (Å²) in [5, 5.41) is 4.10. The lowest BCUT2D eigenvalue weighted by molar-refractivity contribution is -0.128. The second-order valence-electron chi connectivity index (χ2n) is 9.20. The van der Waals surface area contributed by atoms with Crippen LogP contribution in [-0.4, -0.2) is 36.6 Å². The van der Waals surface area contributed by atoms with Crippen molar-refractivity contribution in [2.75, 3.05) is 20.2 Å². The molecule has 2 aliphatic heterocycles. The SMILES string of the molecule is COc1ccc2c(c1)OC(C)(C)C[C@H]2NC(=O)[C@@H]1CCCN(Cc2ccccc2Cl)C1. The monoisotopic (exact) mass is 442 g/mol. The van der Waals surface area contributed by atoms with Gasteiger partial charge in [-0.3, -0.25) is 9.69 Å². The van der Waals surface area contributed by atoms with Gasteiger partial charge >= 0.3 is 0 Å². The fourth-order valence-corrected chi connectivity index (χ4v) is 4.85. The van der Waals surface area contributed by atoms with Gasteiger partial charge in [0.15, 0.2) is 0 Å². The lowest BCUT2D eigenvalue weighted by Crippen LogP contribution is -2.46. The van der Waals surface area contributed by atoms with Gasteiger partial charge < -0.3 is 14.8 Å². The van der Waals surface area contributed by atoms with Gasteiger partial charge in [-0.05, 0) is 57.0 Å². The summed E-state index contributed by atoms with van der Waals surface area (Å²) in [5.41, 5.74) is 1.76. The number of nitrogens with zero attached hydrogens (tertiary/aromatic N) is 1. The summed E-state index contributed by atoms with van der Waals surface area (Å²) < 4.78 is 11.5. The first-order chi connectivity index (χ1) is 14.8. The fourth-order valence-electron chi connectivity index (χ4n) is 4.66. The zero-order valence-corrected chi connectivity index (χ0v) is 19.2. The molecule has 0 spiro atoms. The predicted octanol–water partition coefficient (Wildman–Crippen LogP) is 4.98. The summed E-state index contributed by atoms with van der Waals surface area (Å²) in [6.07, 6.45) is 2.65. The number of halogens is 1. The summed E-state index contributed by atoms with van der Waals surface area (Å²) in [7, 11) is 1.65. The van der Waals surface area contributed by atoms with Crippen LogP contribution in [0.4, 0.5) is 0 Å². The average molecular weight is 443 g/mol. The number of amides is 1. The number of nitrogens with one attached hydrogen (secondary N) is 1. The van der Waals surface area contributed by atoms with Crippen molar-refractivity contribution in [1.29, 1.82) is 0 Å². The number of benzene rings is 2. The van der Waals surface area contributed by atoms with E-state index in [4.69, 9.17) is 21.1 Å². The van der Waals surface area contributed by atoms with Crippen LogP contribution in [-0.2, 0) is 11.3 Å². The second kappa shape index (κ2) is 9.09. The zero-order chi connectivity index (χ0) is 22.0. The van der Waals surface area contributed by atoms with Gasteiger partial charge in [0.1, 0.15) is 17.1 Å². The fraction of sp³-hybridized carbons (Fsp3) is 0.480. The summed E-state index contributed by atoms with van der Waals surface area (Å²) >= 11 is 6.34. The molecule has 1 saturated heterocycles. The maximum absolute atomic E-state index is 13.2. The van der Waals surface area contributed by atoms with Crippen molar-refractivity contribution >= 4 is 17.5 Å². The number of methoxy groups -OCH3 is 1. The van der Waals surface area contributed by atoms with Crippen molar-refractivity contribution in [2.45, 2.75) is 51.3 Å². The highest BCUT2D eigenvalue weighted by Gasteiger charge is 2.36. The molecule has 4 rings (SSSR count). The molecule has 1 amide bonds. The number of hydrogen-bond acceptors (Lipinski definition) is 4. The first-order valence-corrected chi connectivity index (χ1v) is 11.4. The van der Waals surface area contributed by atoms with Gasteiger partial charge in [-0.1, -0.05) is 29.8 Å². The van der Waals surface area contributed by atoms with Gasteiger partial charge in [0, 0.05) is 36.2 Å². The minimum absolute atomic E-state index is 0.0242. The van der Waals surface area contributed by atoms with Gasteiger partial charge in [-0.15, -0.1) is 0 Å². The van der Waals surface area contributed by atoms with E-state index in [1.54, 1.807) is 7.11 Å². The minimum Gasteiger partial charge on any atom is -0.497 e. The first-order valence-electron chi connectivity index (χ1n) is 11.0. The number of fused-ring (bicyclic) bond motifs is 1. The van der Waals surface area contributed by atoms with Crippen LogP contribution in [0.25, 0.3) is 0 Å². The molecule has 2 heterocycles. The Bertz CT molecular complexity index is 946. The van der Waals surface area contributed by atoms with E-state index in [1.807, 2.05) is 36.4 Å². The third kappa shape index (κ3) is 5.16. The number of piperidine rings is 1. The summed E-state index contributed by atoms with van der Waals surface area (Å²) in [5.74, 6) is 1.63. The standard InChI is InChI=1S/C25H31ClN2O3/c1-25(2)14-22(20-11-10-19(30-3)13-23(20)31-25)27-24(29)18-8-6-12-28(16-18)15-17-7-4-5-9-21(17)26/h4-5,7,9-11,13,18,22H,6,8,12,14-16H2,1-3H3,(H,27,29)/t18-,22-/m1/s1. The molecule has 6 heteroatoms. The van der Waals surface area contributed by atoms with Gasteiger partial charge in [0.25, 0.3) is 0 Å². The lowest BCUT2D eigenvalue weighted by atomic mass is 9.88. The highest BCUT2D eigenvalue weighted by Crippen LogP contribution is 2.41. The van der Waals surface area contributed by atoms with Gasteiger partial charge in [0.05, 0.1) is 19.1 Å². The van der Waals surface area contributed by atoms with Crippen LogP contribution in [0, 0.1) is 5.92 Å². The van der Waals surface area contributed by atoms with E-state index in [1.165, 1.54) is 0 Å². The third-order valence-corrected chi connectivity index (χ3v) is 6.59. The van der Waals surface area contributed by atoms with Gasteiger partial charge in [-0.25, -0.2) is 0 Å². The van der Waals surface area contributed by atoms with Gasteiger partial charge in [-0.2, -0.15) is 0 Å². The molecular weight excluding hydrogens is 412 g/mol. The molecule has 2 aromatic rings. The predicted molar refractivity (Wildman–Crippen MR) is 123 cm³/mol. The molecule has 0 unspecified atom stereocenters. The molecule has 166 valence electrons. The smallest absolute Gasteiger partial charge is 0.224 e. The molecular formula is C25H31ClN2O3. The molecule has 1 N–H and O–H groups in total. The quantitative estimate of drug-likeness (QED) is 0.709. The van der Waals surface area contributed by atoms with Crippen LogP contribution in [0.2, 0.25) is 5.02 Å². The van der Waals surface area contributed by atoms with Crippen molar-refractivity contribution in [1.82, 2.24) is 10.2 Å². The average Bonchev–Trinajstić information content (AvgIpc) is 2.74. The number of hydrogen-bond donors (Lipinski definition) is 1. The Labute approximate surface area is 189 Å². The third-order valence-electron chi connectivity index (χ3n) is 6.22. The first kappa shape index (κ1) is 22.0. The number of rotatable bonds is 5. The van der Waals surface area contributed by atoms with Crippen molar-refractivity contribution in [2.24, 2.45) is 5.92 Å². The Morgan fingerprint density at radius 2 is 2.10 bits per heavy atom. The Morgan fingerprint density at radius 1 is 1.29 bits per heavy atom. The molecule has 0 bridgehead atoms. The maximum atomic E-state index is 13.2. The Balaban J connectivity index is 1.44. The maximum Gasteiger partial charge on any atom is 0.224 e. The van der Waals surface area contributed by atoms with Crippen molar-refractivity contribution in [3.8, 4) is 11.5 Å². The zero-order valence-electron chi connectivity index (χ0n) is 18.5. The van der Waals surface area contributed by atoms with Gasteiger partial charge in [0.2, 0.25) is 5.91 Å². The molecule has 5 nitrogen and oxygen atoms in total. The normalized spacial score (nSPS) is 22.8. The molecule has 0 radical (unpaired) electrons. The number of ether oxygens (including phenoxy) is 2. The van der Waals surface area contributed by atoms with E-state index in [-0.39, 0.29) is 23.5 Å². The van der Waals surface area contributed by atoms with E-state index in [0.717, 1.165) is 66.5 Å². The summed E-state index contributed by atoms with van der Waals surface area (Å²) in [4.78, 5) is 15.6. The minimum atomic E-state index is -0.361. The van der Waals surface area contributed by atoms with Crippen LogP contribution >= 0.6 is 11.6 Å². The van der Waals surface area contributed by atoms with Crippen LogP contribution < -0.4 is 14.8 Å². The molecule has 31 heavy (non-hydrogen) atoms. The number of carbonyl (C=O) groups excluding carboxylic acids is 1. The Kier molecular flexibility index (Phi) is 6.44. The van der Waals surface area contributed by atoms with Crippen molar-refractivity contribution < 1.29 is 14.3 Å². The van der Waals surface area contributed by atoms with Crippen LogP contribution in [0.5, 0.6) is 11.5 Å². The molecule has 0 saturated carbocycles. The Morgan fingerprint density at radius 3 is 2.87 bits per heavy atom. The van der Waals surface area contributed by atoms with E-state index >= 15 is 0 Å². The molecule has 2 aliphatic rings. The molecule has 2 atom stereocenters. The topological polar surface area (TPSA) is 50.8 Å². The van der Waals surface area contributed by atoms with Crippen molar-refractivity contribution in [3.63, 3.8) is 0 Å². The van der Waals surface area contributed by atoms with E-state index in [9.17, 15) is 4.79 Å². The van der Waals surface area contributed by atoms with Crippen LogP contribution in [0.15, 0.2) is 42.5 Å². The highest BCUT2D eigenvalue weighted by molar-refractivity contribution is 6.31. The van der Waals surface area contributed by atoms with E-state index < -0.39 is 0 Å². The molecule has 0 aliphatic carbocycles. The number of likely N-dealkylation sites (tertiary alicyclic amines) is 1. The molecule has 2 aromatic carbocycles. The van der Waals surface area contributed by atoms with Crippen LogP contribution in [0.3, 0.4) is 0 Å². The van der Waals surface area contributed by atoms with Crippen LogP contribution in [0.1, 0.15) is 50.3 Å². The highest BCUT2D eigenvalue weighted by atomic mass is 35.5. The molecule has 0 aromatic heterocycles. The Hall–Kier alpha value is -2.24. The van der Waals surface area contributed by atoms with E-state index in [2.05, 4.69) is 30.1 Å². The second-order valence-corrected chi connectivity index (χ2v) is 9.60. The summed E-state index contributed by atoms with van der Waals surface area (Å²) in [6, 6.07) is 13.7. The summed E-state index contributed by atoms with van der Waals surface area (Å²) in [6.45, 7) is 6.62. The van der Waals surface area contributed by atoms with E-state index in [0.29, 0.717) is 0 Å². The molecule has 1 fully saturated rings. The number of carbonyl (C=O) groups is 1.